The molecule has 0 spiro atoms. The number of hydrogen-bond acceptors (Lipinski definition) is 4. The summed E-state index contributed by atoms with van der Waals surface area (Å²) in [4.78, 5) is 0. The molecule has 72 valence electrons. The van der Waals surface area contributed by atoms with E-state index in [1.54, 1.807) is 6.33 Å². The Hall–Kier alpha value is -0.940. The minimum atomic E-state index is 0.0746. The molecule has 5 nitrogen and oxygen atoms in total. The monoisotopic (exact) mass is 182 g/mol. The molecule has 1 atom stereocenters. The Labute approximate surface area is 76.8 Å². The van der Waals surface area contributed by atoms with Gasteiger partial charge in [-0.05, 0) is 6.92 Å². The third-order valence-electron chi connectivity index (χ3n) is 2.49. The van der Waals surface area contributed by atoms with Crippen molar-refractivity contribution in [3.05, 3.63) is 12.2 Å². The van der Waals surface area contributed by atoms with E-state index in [-0.39, 0.29) is 12.6 Å². The lowest BCUT2D eigenvalue weighted by molar-refractivity contribution is 0.232. The zero-order valence-corrected chi connectivity index (χ0v) is 7.64. The Morgan fingerprint density at radius 3 is 3.08 bits per heavy atom. The van der Waals surface area contributed by atoms with Gasteiger partial charge < -0.3 is 15.0 Å². The van der Waals surface area contributed by atoms with E-state index in [1.807, 2.05) is 11.5 Å². The SMILES string of the molecule is CC(CO)n1cnnc1C1CNC1. The van der Waals surface area contributed by atoms with Crippen LogP contribution in [-0.4, -0.2) is 39.6 Å². The molecule has 1 aliphatic rings. The van der Waals surface area contributed by atoms with Gasteiger partial charge in [-0.1, -0.05) is 0 Å². The van der Waals surface area contributed by atoms with Gasteiger partial charge in [0, 0.05) is 19.0 Å². The van der Waals surface area contributed by atoms with Crippen molar-refractivity contribution in [1.29, 1.82) is 0 Å². The van der Waals surface area contributed by atoms with Crippen LogP contribution in [0.5, 0.6) is 0 Å². The van der Waals surface area contributed by atoms with E-state index in [1.165, 1.54) is 0 Å². The van der Waals surface area contributed by atoms with Crippen molar-refractivity contribution in [2.75, 3.05) is 19.7 Å². The van der Waals surface area contributed by atoms with E-state index in [0.29, 0.717) is 5.92 Å². The molecule has 2 N–H and O–H groups in total. The molecule has 0 saturated carbocycles. The highest BCUT2D eigenvalue weighted by molar-refractivity contribution is 5.04. The van der Waals surface area contributed by atoms with E-state index in [0.717, 1.165) is 18.9 Å². The van der Waals surface area contributed by atoms with Crippen LogP contribution in [0.15, 0.2) is 6.33 Å². The van der Waals surface area contributed by atoms with Gasteiger partial charge in [0.25, 0.3) is 0 Å². The molecule has 1 aromatic heterocycles. The van der Waals surface area contributed by atoms with Gasteiger partial charge in [0.05, 0.1) is 12.6 Å². The number of aliphatic hydroxyl groups excluding tert-OH is 1. The summed E-state index contributed by atoms with van der Waals surface area (Å²) in [6.45, 7) is 4.03. The molecule has 13 heavy (non-hydrogen) atoms. The predicted octanol–water partition coefficient (Wildman–Crippen LogP) is -0.482. The molecular weight excluding hydrogens is 168 g/mol. The molecule has 1 aromatic rings. The fourth-order valence-electron chi connectivity index (χ4n) is 1.44. The fraction of sp³-hybridized carbons (Fsp3) is 0.750. The van der Waals surface area contributed by atoms with E-state index in [9.17, 15) is 0 Å². The third-order valence-corrected chi connectivity index (χ3v) is 2.49. The van der Waals surface area contributed by atoms with E-state index in [2.05, 4.69) is 15.5 Å². The van der Waals surface area contributed by atoms with Crippen LogP contribution < -0.4 is 5.32 Å². The highest BCUT2D eigenvalue weighted by Gasteiger charge is 2.25. The highest BCUT2D eigenvalue weighted by Crippen LogP contribution is 2.19. The number of nitrogens with zero attached hydrogens (tertiary/aromatic N) is 3. The van der Waals surface area contributed by atoms with Crippen LogP contribution in [0.4, 0.5) is 0 Å². The smallest absolute Gasteiger partial charge is 0.138 e. The summed E-state index contributed by atoms with van der Waals surface area (Å²) in [5.74, 6) is 1.46. The molecule has 2 rings (SSSR count). The molecule has 0 aliphatic carbocycles. The largest absolute Gasteiger partial charge is 0.394 e. The van der Waals surface area contributed by atoms with Gasteiger partial charge in [0.15, 0.2) is 0 Å². The van der Waals surface area contributed by atoms with Crippen molar-refractivity contribution in [1.82, 2.24) is 20.1 Å². The van der Waals surface area contributed by atoms with Crippen molar-refractivity contribution in [2.24, 2.45) is 0 Å². The quantitative estimate of drug-likeness (QED) is 0.662. The Bertz CT molecular complexity index is 262. The molecule has 0 aromatic carbocycles. The number of nitrogens with one attached hydrogen (secondary N) is 1. The number of aromatic nitrogens is 3. The molecule has 5 heteroatoms. The first-order valence-electron chi connectivity index (χ1n) is 4.54. The molecule has 2 heterocycles. The van der Waals surface area contributed by atoms with Gasteiger partial charge in [-0.3, -0.25) is 0 Å². The Morgan fingerprint density at radius 1 is 1.77 bits per heavy atom. The lowest BCUT2D eigenvalue weighted by atomic mass is 10.0. The lowest BCUT2D eigenvalue weighted by Crippen LogP contribution is -2.41. The third kappa shape index (κ3) is 1.45. The first-order chi connectivity index (χ1) is 6.33. The average Bonchev–Trinajstić information content (AvgIpc) is 2.49. The maximum Gasteiger partial charge on any atom is 0.138 e. The lowest BCUT2D eigenvalue weighted by Gasteiger charge is -2.27. The van der Waals surface area contributed by atoms with Crippen molar-refractivity contribution >= 4 is 0 Å². The summed E-state index contributed by atoms with van der Waals surface area (Å²) in [5, 5.41) is 20.1. The second-order valence-electron chi connectivity index (χ2n) is 3.48. The van der Waals surface area contributed by atoms with E-state index < -0.39 is 0 Å². The minimum absolute atomic E-state index is 0.0746. The number of rotatable bonds is 3. The molecule has 0 amide bonds. The first kappa shape index (κ1) is 8.65. The molecular formula is C8H14N4O. The molecule has 1 fully saturated rings. The van der Waals surface area contributed by atoms with Crippen LogP contribution in [0.25, 0.3) is 0 Å². The van der Waals surface area contributed by atoms with Gasteiger partial charge in [-0.25, -0.2) is 0 Å². The van der Waals surface area contributed by atoms with Gasteiger partial charge in [-0.2, -0.15) is 0 Å². The molecule has 1 unspecified atom stereocenters. The summed E-state index contributed by atoms with van der Waals surface area (Å²) in [5.41, 5.74) is 0. The van der Waals surface area contributed by atoms with Crippen molar-refractivity contribution in [2.45, 2.75) is 18.9 Å². The van der Waals surface area contributed by atoms with Gasteiger partial charge in [0.1, 0.15) is 12.2 Å². The topological polar surface area (TPSA) is 63.0 Å². The fourth-order valence-corrected chi connectivity index (χ4v) is 1.44. The molecule has 1 aliphatic heterocycles. The average molecular weight is 182 g/mol. The van der Waals surface area contributed by atoms with Gasteiger partial charge in [-0.15, -0.1) is 10.2 Å². The van der Waals surface area contributed by atoms with Crippen LogP contribution in [0.3, 0.4) is 0 Å². The molecule has 0 bridgehead atoms. The summed E-state index contributed by atoms with van der Waals surface area (Å²) < 4.78 is 1.95. The highest BCUT2D eigenvalue weighted by atomic mass is 16.3. The van der Waals surface area contributed by atoms with Gasteiger partial charge >= 0.3 is 0 Å². The van der Waals surface area contributed by atoms with Gasteiger partial charge in [0.2, 0.25) is 0 Å². The minimum Gasteiger partial charge on any atom is -0.394 e. The Kier molecular flexibility index (Phi) is 2.28. The molecule has 1 saturated heterocycles. The van der Waals surface area contributed by atoms with Crippen LogP contribution >= 0.6 is 0 Å². The van der Waals surface area contributed by atoms with Crippen LogP contribution in [0.2, 0.25) is 0 Å². The van der Waals surface area contributed by atoms with E-state index in [4.69, 9.17) is 5.11 Å². The summed E-state index contributed by atoms with van der Waals surface area (Å²) in [6.07, 6.45) is 1.69. The molecule has 0 radical (unpaired) electrons. The summed E-state index contributed by atoms with van der Waals surface area (Å²) >= 11 is 0. The zero-order valence-electron chi connectivity index (χ0n) is 7.64. The second kappa shape index (κ2) is 3.43. The summed E-state index contributed by atoms with van der Waals surface area (Å²) in [7, 11) is 0. The summed E-state index contributed by atoms with van der Waals surface area (Å²) in [6, 6.07) is 0.0746. The van der Waals surface area contributed by atoms with E-state index >= 15 is 0 Å². The zero-order chi connectivity index (χ0) is 9.26. The van der Waals surface area contributed by atoms with Crippen molar-refractivity contribution in [3.63, 3.8) is 0 Å². The van der Waals surface area contributed by atoms with Crippen LogP contribution in [-0.2, 0) is 0 Å². The number of aliphatic hydroxyl groups is 1. The Morgan fingerprint density at radius 2 is 2.54 bits per heavy atom. The normalized spacial score (nSPS) is 19.8. The second-order valence-corrected chi connectivity index (χ2v) is 3.48. The first-order valence-corrected chi connectivity index (χ1v) is 4.54. The van der Waals surface area contributed by atoms with Crippen molar-refractivity contribution < 1.29 is 5.11 Å². The maximum absolute atomic E-state index is 9.01. The predicted molar refractivity (Wildman–Crippen MR) is 47.4 cm³/mol. The number of hydrogen-bond donors (Lipinski definition) is 2. The van der Waals surface area contributed by atoms with Crippen LogP contribution in [0.1, 0.15) is 24.7 Å². The van der Waals surface area contributed by atoms with Crippen LogP contribution in [0, 0.1) is 0 Å². The standard InChI is InChI=1S/C8H14N4O/c1-6(4-13)12-5-10-11-8(12)7-2-9-3-7/h5-7,9,13H,2-4H2,1H3. The van der Waals surface area contributed by atoms with Crippen molar-refractivity contribution in [3.8, 4) is 0 Å². The maximum atomic E-state index is 9.01. The Balaban J connectivity index is 2.19.